The summed E-state index contributed by atoms with van der Waals surface area (Å²) in [6.45, 7) is 1.55. The third kappa shape index (κ3) is 6.28. The van der Waals surface area contributed by atoms with Crippen LogP contribution < -0.4 is 15.2 Å². The van der Waals surface area contributed by atoms with Crippen LogP contribution in [0, 0.1) is 18.3 Å². The summed E-state index contributed by atoms with van der Waals surface area (Å²) in [6, 6.07) is 8.83. The number of benzene rings is 2. The number of aromatic nitrogens is 3. The molecule has 254 valence electrons. The Morgan fingerprint density at radius 3 is 2.69 bits per heavy atom. The molecule has 6 rings (SSSR count). The molecule has 4 heterocycles. The molecule has 49 heavy (non-hydrogen) atoms. The van der Waals surface area contributed by atoms with Gasteiger partial charge in [-0.15, -0.1) is 11.3 Å². The summed E-state index contributed by atoms with van der Waals surface area (Å²) < 4.78 is 51.3. The van der Waals surface area contributed by atoms with Crippen LogP contribution in [0.15, 0.2) is 46.7 Å². The van der Waals surface area contributed by atoms with E-state index in [1.807, 2.05) is 11.0 Å². The largest absolute Gasteiger partial charge is 0.491 e. The number of thiophene rings is 1. The molecule has 1 fully saturated rings. The number of halogens is 4. The molecule has 0 aliphatic carbocycles. The molecule has 0 spiro atoms. The fraction of sp³-hybridized carbons (Fsp3) is 0.303. The van der Waals surface area contributed by atoms with Crippen LogP contribution >= 0.6 is 22.9 Å². The van der Waals surface area contributed by atoms with Crippen LogP contribution in [0.25, 0.3) is 32.2 Å². The number of aryl methyl sites for hydroxylation is 1. The number of piperazine rings is 1. The number of anilines is 1. The van der Waals surface area contributed by atoms with Crippen molar-refractivity contribution in [3.8, 4) is 22.9 Å². The fourth-order valence-corrected chi connectivity index (χ4v) is 7.32. The Morgan fingerprint density at radius 2 is 2.00 bits per heavy atom. The third-order valence-electron chi connectivity index (χ3n) is 8.62. The summed E-state index contributed by atoms with van der Waals surface area (Å²) >= 11 is 7.54. The number of rotatable bonds is 8. The molecule has 1 aliphatic heterocycles. The smallest absolute Gasteiger partial charge is 0.418 e. The molecule has 2 N–H and O–H groups in total. The lowest BCUT2D eigenvalue weighted by atomic mass is 9.99. The zero-order valence-corrected chi connectivity index (χ0v) is 27.7. The molecule has 16 heteroatoms. The van der Waals surface area contributed by atoms with Gasteiger partial charge >= 0.3 is 12.1 Å². The van der Waals surface area contributed by atoms with Crippen molar-refractivity contribution in [2.24, 2.45) is 0 Å². The SMILES string of the molecule is Cc1nc2cc(C(F)(F)F)c(N3CCN(C)C(CO)C3)c(C#N)c2c(=O)n1CCOc1ccc(Cl)cc1-c1ccnc2c(C(=O)O)csc12. The van der Waals surface area contributed by atoms with Crippen molar-refractivity contribution in [1.29, 1.82) is 5.26 Å². The van der Waals surface area contributed by atoms with E-state index in [0.29, 0.717) is 38.7 Å². The lowest BCUT2D eigenvalue weighted by molar-refractivity contribution is -0.137. The van der Waals surface area contributed by atoms with Crippen LogP contribution in [0.4, 0.5) is 18.9 Å². The first-order valence-electron chi connectivity index (χ1n) is 15.0. The lowest BCUT2D eigenvalue weighted by Gasteiger charge is -2.41. The van der Waals surface area contributed by atoms with Gasteiger partial charge < -0.3 is 19.8 Å². The van der Waals surface area contributed by atoms with E-state index >= 15 is 0 Å². The molecule has 2 aromatic carbocycles. The number of hydrogen-bond donors (Lipinski definition) is 2. The Morgan fingerprint density at radius 1 is 1.22 bits per heavy atom. The number of pyridine rings is 1. The van der Waals surface area contributed by atoms with Gasteiger partial charge in [0.2, 0.25) is 0 Å². The highest BCUT2D eigenvalue weighted by atomic mass is 35.5. The molecular formula is C33H28ClF3N6O5S. The van der Waals surface area contributed by atoms with Gasteiger partial charge in [-0.2, -0.15) is 18.4 Å². The Kier molecular flexibility index (Phi) is 9.25. The maximum Gasteiger partial charge on any atom is 0.418 e. The molecule has 0 radical (unpaired) electrons. The van der Waals surface area contributed by atoms with Crippen molar-refractivity contribution in [1.82, 2.24) is 19.4 Å². The van der Waals surface area contributed by atoms with Crippen LogP contribution in [0.2, 0.25) is 5.02 Å². The van der Waals surface area contributed by atoms with E-state index in [2.05, 4.69) is 9.97 Å². The number of ether oxygens (including phenoxy) is 1. The summed E-state index contributed by atoms with van der Waals surface area (Å²) in [4.78, 5) is 37.5. The van der Waals surface area contributed by atoms with Gasteiger partial charge in [-0.1, -0.05) is 11.6 Å². The average molecular weight is 713 g/mol. The summed E-state index contributed by atoms with van der Waals surface area (Å²) in [7, 11) is 1.75. The summed E-state index contributed by atoms with van der Waals surface area (Å²) in [6.07, 6.45) is -3.36. The minimum Gasteiger partial charge on any atom is -0.491 e. The third-order valence-corrected chi connectivity index (χ3v) is 9.86. The summed E-state index contributed by atoms with van der Waals surface area (Å²) in [5.41, 5.74) is -1.29. The van der Waals surface area contributed by atoms with Gasteiger partial charge in [-0.05, 0) is 44.3 Å². The molecule has 0 bridgehead atoms. The number of alkyl halides is 3. The molecule has 1 aliphatic rings. The molecule has 5 aromatic rings. The van der Waals surface area contributed by atoms with Crippen LogP contribution in [0.3, 0.4) is 0 Å². The number of fused-ring (bicyclic) bond motifs is 2. The fourth-order valence-electron chi connectivity index (χ4n) is 6.12. The van der Waals surface area contributed by atoms with Gasteiger partial charge in [0.05, 0.1) is 62.7 Å². The first-order valence-corrected chi connectivity index (χ1v) is 16.2. The average Bonchev–Trinajstić information content (AvgIpc) is 3.51. The van der Waals surface area contributed by atoms with E-state index in [4.69, 9.17) is 16.3 Å². The molecule has 1 unspecified atom stereocenters. The highest BCUT2D eigenvalue weighted by Gasteiger charge is 2.39. The van der Waals surface area contributed by atoms with E-state index in [-0.39, 0.29) is 55.1 Å². The van der Waals surface area contributed by atoms with Gasteiger partial charge in [-0.25, -0.2) is 9.78 Å². The lowest BCUT2D eigenvalue weighted by Crippen LogP contribution is -2.53. The van der Waals surface area contributed by atoms with Crippen molar-refractivity contribution in [3.05, 3.63) is 79.8 Å². The second-order valence-corrected chi connectivity index (χ2v) is 12.8. The van der Waals surface area contributed by atoms with E-state index in [1.165, 1.54) is 39.3 Å². The zero-order valence-electron chi connectivity index (χ0n) is 26.1. The molecule has 3 aromatic heterocycles. The van der Waals surface area contributed by atoms with E-state index in [0.717, 1.165) is 6.07 Å². The maximum atomic E-state index is 14.5. The minimum absolute atomic E-state index is 0.0217. The number of aliphatic hydroxyl groups excluding tert-OH is 1. The molecule has 11 nitrogen and oxygen atoms in total. The predicted molar refractivity (Wildman–Crippen MR) is 179 cm³/mol. The number of nitriles is 1. The van der Waals surface area contributed by atoms with Crippen molar-refractivity contribution in [2.45, 2.75) is 25.7 Å². The Balaban J connectivity index is 1.38. The van der Waals surface area contributed by atoms with Gasteiger partial charge in [0.25, 0.3) is 5.56 Å². The van der Waals surface area contributed by atoms with Crippen LogP contribution in [-0.4, -0.2) is 81.6 Å². The number of likely N-dealkylation sites (N-methyl/N-ethyl adjacent to an activating group) is 1. The van der Waals surface area contributed by atoms with Gasteiger partial charge in [0.1, 0.15) is 24.3 Å². The Hall–Kier alpha value is -4.75. The van der Waals surface area contributed by atoms with Crippen molar-refractivity contribution in [2.75, 3.05) is 44.8 Å². The maximum absolute atomic E-state index is 14.5. The summed E-state index contributed by atoms with van der Waals surface area (Å²) in [5.74, 6) is -0.606. The van der Waals surface area contributed by atoms with Gasteiger partial charge in [0, 0.05) is 47.4 Å². The molecule has 0 amide bonds. The van der Waals surface area contributed by atoms with Crippen LogP contribution in [-0.2, 0) is 12.7 Å². The topological polar surface area (TPSA) is 145 Å². The highest BCUT2D eigenvalue weighted by molar-refractivity contribution is 7.18. The first-order chi connectivity index (χ1) is 23.3. The Labute approximate surface area is 286 Å². The zero-order chi connectivity index (χ0) is 35.2. The van der Waals surface area contributed by atoms with Crippen molar-refractivity contribution < 1.29 is 32.9 Å². The Bertz CT molecular complexity index is 2220. The van der Waals surface area contributed by atoms with E-state index < -0.39 is 40.6 Å². The molecule has 1 atom stereocenters. The molecular weight excluding hydrogens is 685 g/mol. The monoisotopic (exact) mass is 712 g/mol. The molecule has 1 saturated heterocycles. The number of aromatic carboxylic acids is 1. The number of nitrogens with zero attached hydrogens (tertiary/aromatic N) is 6. The van der Waals surface area contributed by atoms with Crippen molar-refractivity contribution in [3.63, 3.8) is 0 Å². The van der Waals surface area contributed by atoms with E-state index in [1.54, 1.807) is 31.3 Å². The standard InChI is InChI=1S/C33H28ClF3N6O5S/c1-17-40-25-12-24(33(35,36)37)29(42-8-7-41(2)19(14-42)15-44)22(13-38)27(25)31(45)43(17)9-10-48-26-4-3-18(34)11-21(26)20-5-6-39-28-23(32(46)47)16-49-30(20)28/h3-6,11-12,16,19,44H,7-10,14-15H2,1-2H3,(H,46,47). The number of hydrogen-bond acceptors (Lipinski definition) is 10. The number of carbonyl (C=O) groups is 1. The van der Waals surface area contributed by atoms with Gasteiger partial charge in [-0.3, -0.25) is 19.2 Å². The number of carboxylic acids is 1. The second-order valence-electron chi connectivity index (χ2n) is 11.5. The minimum atomic E-state index is -4.85. The van der Waals surface area contributed by atoms with Crippen molar-refractivity contribution >= 4 is 55.7 Å². The van der Waals surface area contributed by atoms with E-state index in [9.17, 15) is 38.2 Å². The number of carboxylic acid groups (broad SMARTS) is 1. The highest BCUT2D eigenvalue weighted by Crippen LogP contribution is 2.42. The normalized spacial score (nSPS) is 15.6. The quantitative estimate of drug-likeness (QED) is 0.214. The molecule has 0 saturated carbocycles. The van der Waals surface area contributed by atoms with Crippen LogP contribution in [0.1, 0.15) is 27.3 Å². The first kappa shape index (κ1) is 34.1. The predicted octanol–water partition coefficient (Wildman–Crippen LogP) is 5.42. The second kappa shape index (κ2) is 13.3. The summed E-state index contributed by atoms with van der Waals surface area (Å²) in [5, 5.41) is 31.3. The van der Waals surface area contributed by atoms with Gasteiger partial charge in [0.15, 0.2) is 0 Å². The van der Waals surface area contributed by atoms with Crippen LogP contribution in [0.5, 0.6) is 5.75 Å². The number of aliphatic hydroxyl groups is 1.